The molecule has 0 aliphatic carbocycles. The van der Waals surface area contributed by atoms with Crippen molar-refractivity contribution in [3.63, 3.8) is 0 Å². The number of sulfonamides is 1. The van der Waals surface area contributed by atoms with Crippen LogP contribution in [0, 0.1) is 0 Å². The van der Waals surface area contributed by atoms with Gasteiger partial charge in [0.1, 0.15) is 0 Å². The molecule has 0 aliphatic heterocycles. The molecule has 0 unspecified atom stereocenters. The summed E-state index contributed by atoms with van der Waals surface area (Å²) in [6, 6.07) is 4.53. The molecule has 0 atom stereocenters. The van der Waals surface area contributed by atoms with Crippen molar-refractivity contribution < 1.29 is 13.2 Å². The van der Waals surface area contributed by atoms with Crippen LogP contribution in [0.25, 0.3) is 0 Å². The van der Waals surface area contributed by atoms with Crippen molar-refractivity contribution in [3.8, 4) is 0 Å². The Morgan fingerprint density at radius 2 is 1.90 bits per heavy atom. The fraction of sp³-hybridized carbons (Fsp3) is 0.364. The molecule has 1 aromatic rings. The third-order valence-corrected chi connectivity index (χ3v) is 5.21. The standard InChI is InChI=1S/C11H15Br2N3O3S/c1-16(2)11(17)14-5-6-15-20(18,19)10-4-3-8(12)7-9(10)13/h3-4,7,15H,5-6H2,1-2H3,(H,14,17). The van der Waals surface area contributed by atoms with Crippen molar-refractivity contribution in [1.82, 2.24) is 14.9 Å². The Hall–Kier alpha value is -0.640. The number of carbonyl (C=O) groups excluding carboxylic acids is 1. The van der Waals surface area contributed by atoms with Gasteiger partial charge in [-0.25, -0.2) is 17.9 Å². The molecule has 1 aromatic carbocycles. The van der Waals surface area contributed by atoms with Crippen LogP contribution in [0.2, 0.25) is 0 Å². The van der Waals surface area contributed by atoms with E-state index in [1.807, 2.05) is 0 Å². The first-order valence-corrected chi connectivity index (χ1v) is 8.71. The average Bonchev–Trinajstić information content (AvgIpc) is 2.33. The van der Waals surface area contributed by atoms with Gasteiger partial charge in [0.15, 0.2) is 0 Å². The molecule has 0 aliphatic rings. The molecule has 2 amide bonds. The van der Waals surface area contributed by atoms with Gasteiger partial charge in [-0.1, -0.05) is 15.9 Å². The zero-order valence-electron chi connectivity index (χ0n) is 11.0. The monoisotopic (exact) mass is 427 g/mol. The lowest BCUT2D eigenvalue weighted by Gasteiger charge is -2.12. The zero-order valence-corrected chi connectivity index (χ0v) is 15.0. The average molecular weight is 429 g/mol. The van der Waals surface area contributed by atoms with Crippen molar-refractivity contribution in [2.75, 3.05) is 27.2 Å². The van der Waals surface area contributed by atoms with E-state index in [-0.39, 0.29) is 24.0 Å². The van der Waals surface area contributed by atoms with Crippen LogP contribution >= 0.6 is 31.9 Å². The number of amides is 2. The molecule has 0 radical (unpaired) electrons. The molecule has 0 saturated heterocycles. The molecule has 6 nitrogen and oxygen atoms in total. The van der Waals surface area contributed by atoms with E-state index >= 15 is 0 Å². The van der Waals surface area contributed by atoms with E-state index in [1.54, 1.807) is 26.2 Å². The van der Waals surface area contributed by atoms with Crippen LogP contribution in [-0.2, 0) is 10.0 Å². The van der Waals surface area contributed by atoms with Crippen LogP contribution in [0.15, 0.2) is 32.0 Å². The Kier molecular flexibility index (Phi) is 6.44. The van der Waals surface area contributed by atoms with Gasteiger partial charge in [0.2, 0.25) is 10.0 Å². The van der Waals surface area contributed by atoms with Crippen molar-refractivity contribution in [1.29, 1.82) is 0 Å². The van der Waals surface area contributed by atoms with E-state index in [0.717, 1.165) is 4.47 Å². The van der Waals surface area contributed by atoms with Crippen LogP contribution < -0.4 is 10.0 Å². The molecule has 2 N–H and O–H groups in total. The van der Waals surface area contributed by atoms with Gasteiger partial charge in [-0.15, -0.1) is 0 Å². The maximum atomic E-state index is 12.1. The number of hydrogen-bond donors (Lipinski definition) is 2. The number of rotatable bonds is 5. The summed E-state index contributed by atoms with van der Waals surface area (Å²) in [7, 11) is -0.389. The van der Waals surface area contributed by atoms with Gasteiger partial charge in [0.25, 0.3) is 0 Å². The Labute approximate surface area is 135 Å². The number of benzene rings is 1. The Morgan fingerprint density at radius 1 is 1.25 bits per heavy atom. The number of nitrogens with one attached hydrogen (secondary N) is 2. The van der Waals surface area contributed by atoms with E-state index in [2.05, 4.69) is 41.9 Å². The smallest absolute Gasteiger partial charge is 0.316 e. The number of nitrogens with zero attached hydrogens (tertiary/aromatic N) is 1. The second kappa shape index (κ2) is 7.39. The van der Waals surface area contributed by atoms with Crippen LogP contribution in [0.1, 0.15) is 0 Å². The quantitative estimate of drug-likeness (QED) is 0.701. The van der Waals surface area contributed by atoms with Crippen molar-refractivity contribution in [3.05, 3.63) is 27.1 Å². The predicted octanol–water partition coefficient (Wildman–Crippen LogP) is 1.76. The lowest BCUT2D eigenvalue weighted by atomic mass is 10.4. The number of hydrogen-bond acceptors (Lipinski definition) is 3. The molecule has 0 fully saturated rings. The molecule has 0 heterocycles. The van der Waals surface area contributed by atoms with E-state index < -0.39 is 10.0 Å². The normalized spacial score (nSPS) is 11.2. The van der Waals surface area contributed by atoms with Gasteiger partial charge < -0.3 is 10.2 Å². The molecular formula is C11H15Br2N3O3S. The highest BCUT2D eigenvalue weighted by atomic mass is 79.9. The molecule has 1 rings (SSSR count). The van der Waals surface area contributed by atoms with Gasteiger partial charge in [0.05, 0.1) is 4.90 Å². The highest BCUT2D eigenvalue weighted by Crippen LogP contribution is 2.25. The highest BCUT2D eigenvalue weighted by molar-refractivity contribution is 9.11. The SMILES string of the molecule is CN(C)C(=O)NCCNS(=O)(=O)c1ccc(Br)cc1Br. The van der Waals surface area contributed by atoms with Crippen LogP contribution in [0.5, 0.6) is 0 Å². The molecule has 0 aromatic heterocycles. The van der Waals surface area contributed by atoms with Gasteiger partial charge in [-0.2, -0.15) is 0 Å². The Bertz CT molecular complexity index is 591. The van der Waals surface area contributed by atoms with Crippen LogP contribution in [-0.4, -0.2) is 46.5 Å². The number of carbonyl (C=O) groups is 1. The zero-order chi connectivity index (χ0) is 15.3. The van der Waals surface area contributed by atoms with Crippen molar-refractivity contribution in [2.24, 2.45) is 0 Å². The summed E-state index contributed by atoms with van der Waals surface area (Å²) in [5, 5.41) is 2.57. The van der Waals surface area contributed by atoms with E-state index in [1.165, 1.54) is 11.0 Å². The highest BCUT2D eigenvalue weighted by Gasteiger charge is 2.17. The topological polar surface area (TPSA) is 78.5 Å². The molecule has 0 spiro atoms. The molecule has 0 saturated carbocycles. The Balaban J connectivity index is 2.60. The second-order valence-electron chi connectivity index (χ2n) is 4.10. The second-order valence-corrected chi connectivity index (χ2v) is 7.60. The lowest BCUT2D eigenvalue weighted by Crippen LogP contribution is -2.39. The maximum Gasteiger partial charge on any atom is 0.316 e. The minimum Gasteiger partial charge on any atom is -0.337 e. The molecule has 112 valence electrons. The third-order valence-electron chi connectivity index (χ3n) is 2.28. The lowest BCUT2D eigenvalue weighted by molar-refractivity contribution is 0.217. The summed E-state index contributed by atoms with van der Waals surface area (Å²) in [6.45, 7) is 0.328. The fourth-order valence-corrected chi connectivity index (χ4v) is 4.06. The summed E-state index contributed by atoms with van der Waals surface area (Å²) >= 11 is 6.47. The number of urea groups is 1. The van der Waals surface area contributed by atoms with Gasteiger partial charge >= 0.3 is 6.03 Å². The van der Waals surface area contributed by atoms with Crippen molar-refractivity contribution in [2.45, 2.75) is 4.90 Å². The van der Waals surface area contributed by atoms with Gasteiger partial charge in [-0.3, -0.25) is 0 Å². The number of halogens is 2. The minimum absolute atomic E-state index is 0.115. The van der Waals surface area contributed by atoms with E-state index in [0.29, 0.717) is 4.47 Å². The molecular weight excluding hydrogens is 414 g/mol. The molecule has 20 heavy (non-hydrogen) atoms. The first-order valence-electron chi connectivity index (χ1n) is 5.64. The maximum absolute atomic E-state index is 12.1. The van der Waals surface area contributed by atoms with Crippen LogP contribution in [0.3, 0.4) is 0 Å². The van der Waals surface area contributed by atoms with Crippen molar-refractivity contribution >= 4 is 47.9 Å². The third kappa shape index (κ3) is 5.04. The fourth-order valence-electron chi connectivity index (χ4n) is 1.28. The van der Waals surface area contributed by atoms with Gasteiger partial charge in [0, 0.05) is 36.1 Å². The van der Waals surface area contributed by atoms with E-state index in [4.69, 9.17) is 0 Å². The molecule has 9 heteroatoms. The van der Waals surface area contributed by atoms with E-state index in [9.17, 15) is 13.2 Å². The summed E-state index contributed by atoms with van der Waals surface area (Å²) in [4.78, 5) is 12.8. The summed E-state index contributed by atoms with van der Waals surface area (Å²) in [5.74, 6) is 0. The molecule has 0 bridgehead atoms. The first-order chi connectivity index (χ1) is 9.24. The summed E-state index contributed by atoms with van der Waals surface area (Å²) in [5.41, 5.74) is 0. The Morgan fingerprint density at radius 3 is 2.45 bits per heavy atom. The minimum atomic E-state index is -3.61. The van der Waals surface area contributed by atoms with Crippen LogP contribution in [0.4, 0.5) is 4.79 Å². The summed E-state index contributed by atoms with van der Waals surface area (Å²) < 4.78 is 27.8. The van der Waals surface area contributed by atoms with Gasteiger partial charge in [-0.05, 0) is 34.1 Å². The first kappa shape index (κ1) is 17.4. The largest absolute Gasteiger partial charge is 0.337 e. The summed E-state index contributed by atoms with van der Waals surface area (Å²) in [6.07, 6.45) is 0. The predicted molar refractivity (Wildman–Crippen MR) is 84.1 cm³/mol.